The Balaban J connectivity index is 2.25. The van der Waals surface area contributed by atoms with E-state index in [0.717, 1.165) is 17.1 Å². The highest BCUT2D eigenvalue weighted by molar-refractivity contribution is 5.51. The van der Waals surface area contributed by atoms with Crippen LogP contribution in [0.1, 0.15) is 29.9 Å². The van der Waals surface area contributed by atoms with Crippen molar-refractivity contribution in [1.82, 2.24) is 4.98 Å². The highest BCUT2D eigenvalue weighted by Gasteiger charge is 2.12. The summed E-state index contributed by atoms with van der Waals surface area (Å²) in [6.45, 7) is 5.80. The van der Waals surface area contributed by atoms with Gasteiger partial charge in [0, 0.05) is 11.3 Å². The van der Waals surface area contributed by atoms with E-state index in [4.69, 9.17) is 0 Å². The molecule has 2 aromatic rings. The first-order valence-corrected chi connectivity index (χ1v) is 6.20. The summed E-state index contributed by atoms with van der Waals surface area (Å²) < 4.78 is 0. The van der Waals surface area contributed by atoms with Crippen LogP contribution in [0.25, 0.3) is 0 Å². The van der Waals surface area contributed by atoms with Gasteiger partial charge in [0.15, 0.2) is 0 Å². The van der Waals surface area contributed by atoms with Gasteiger partial charge in [0.2, 0.25) is 0 Å². The van der Waals surface area contributed by atoms with Crippen LogP contribution in [0.3, 0.4) is 0 Å². The molecule has 0 saturated heterocycles. The normalized spacial score (nSPS) is 12.2. The average Bonchev–Trinajstić information content (AvgIpc) is 2.35. The van der Waals surface area contributed by atoms with Crippen molar-refractivity contribution < 1.29 is 10.2 Å². The molecule has 1 aromatic heterocycles. The molecule has 1 atom stereocenters. The van der Waals surface area contributed by atoms with Crippen molar-refractivity contribution in [3.8, 4) is 11.5 Å². The number of hydrogen-bond acceptors (Lipinski definition) is 4. The van der Waals surface area contributed by atoms with Crippen LogP contribution < -0.4 is 5.32 Å². The summed E-state index contributed by atoms with van der Waals surface area (Å²) >= 11 is 0. The van der Waals surface area contributed by atoms with Crippen LogP contribution in [0.4, 0.5) is 5.69 Å². The largest absolute Gasteiger partial charge is 0.508 e. The second-order valence-corrected chi connectivity index (χ2v) is 4.69. The Labute approximate surface area is 112 Å². The predicted molar refractivity (Wildman–Crippen MR) is 75.5 cm³/mol. The second kappa shape index (κ2) is 5.18. The van der Waals surface area contributed by atoms with Gasteiger partial charge in [0.05, 0.1) is 17.4 Å². The van der Waals surface area contributed by atoms with Crippen LogP contribution in [0, 0.1) is 13.8 Å². The Hall–Kier alpha value is -2.23. The molecule has 0 saturated carbocycles. The Morgan fingerprint density at radius 1 is 1.11 bits per heavy atom. The molecular weight excluding hydrogens is 240 g/mol. The number of anilines is 1. The van der Waals surface area contributed by atoms with E-state index in [-0.39, 0.29) is 17.5 Å². The highest BCUT2D eigenvalue weighted by Crippen LogP contribution is 2.30. The summed E-state index contributed by atoms with van der Waals surface area (Å²) in [6.07, 6.45) is 0. The number of benzene rings is 1. The van der Waals surface area contributed by atoms with E-state index in [2.05, 4.69) is 10.3 Å². The maximum Gasteiger partial charge on any atom is 0.121 e. The standard InChI is InChI=1S/C15H18N2O2/c1-9-4-6-14(11(3)16-9)17-10(2)13-8-12(18)5-7-15(13)19/h4-8,10,17-19H,1-3H3. The summed E-state index contributed by atoms with van der Waals surface area (Å²) in [5.41, 5.74) is 3.45. The molecule has 0 aliphatic heterocycles. The van der Waals surface area contributed by atoms with Crippen LogP contribution in [0.15, 0.2) is 30.3 Å². The molecule has 0 spiro atoms. The highest BCUT2D eigenvalue weighted by atomic mass is 16.3. The van der Waals surface area contributed by atoms with Gasteiger partial charge < -0.3 is 15.5 Å². The van der Waals surface area contributed by atoms with Gasteiger partial charge in [-0.15, -0.1) is 0 Å². The summed E-state index contributed by atoms with van der Waals surface area (Å²) in [7, 11) is 0. The third-order valence-corrected chi connectivity index (χ3v) is 3.07. The third kappa shape index (κ3) is 2.96. The number of nitrogens with zero attached hydrogens (tertiary/aromatic N) is 1. The van der Waals surface area contributed by atoms with E-state index in [0.29, 0.717) is 5.56 Å². The quantitative estimate of drug-likeness (QED) is 0.739. The number of pyridine rings is 1. The van der Waals surface area contributed by atoms with Crippen LogP contribution in [0.5, 0.6) is 11.5 Å². The molecule has 2 rings (SSSR count). The molecule has 1 heterocycles. The number of rotatable bonds is 3. The van der Waals surface area contributed by atoms with Crippen LogP contribution in [-0.2, 0) is 0 Å². The summed E-state index contributed by atoms with van der Waals surface area (Å²) in [6, 6.07) is 8.28. The number of hydrogen-bond donors (Lipinski definition) is 3. The molecule has 4 heteroatoms. The molecule has 0 aliphatic rings. The van der Waals surface area contributed by atoms with Gasteiger partial charge in [-0.2, -0.15) is 0 Å². The van der Waals surface area contributed by atoms with Gasteiger partial charge in [-0.3, -0.25) is 4.98 Å². The zero-order chi connectivity index (χ0) is 14.0. The van der Waals surface area contributed by atoms with Gasteiger partial charge in [0.1, 0.15) is 11.5 Å². The zero-order valence-electron chi connectivity index (χ0n) is 11.3. The molecule has 3 N–H and O–H groups in total. The second-order valence-electron chi connectivity index (χ2n) is 4.69. The maximum absolute atomic E-state index is 9.83. The molecule has 4 nitrogen and oxygen atoms in total. The summed E-state index contributed by atoms with van der Waals surface area (Å²) in [5.74, 6) is 0.302. The molecule has 100 valence electrons. The minimum Gasteiger partial charge on any atom is -0.508 e. The number of aromatic hydroxyl groups is 2. The molecule has 19 heavy (non-hydrogen) atoms. The van der Waals surface area contributed by atoms with Gasteiger partial charge in [-0.05, 0) is 51.1 Å². The van der Waals surface area contributed by atoms with Gasteiger partial charge in [-0.1, -0.05) is 0 Å². The van der Waals surface area contributed by atoms with E-state index >= 15 is 0 Å². The van der Waals surface area contributed by atoms with Crippen molar-refractivity contribution in [3.05, 3.63) is 47.3 Å². The van der Waals surface area contributed by atoms with Crippen molar-refractivity contribution in [1.29, 1.82) is 0 Å². The first kappa shape index (κ1) is 13.2. The zero-order valence-corrected chi connectivity index (χ0v) is 11.3. The fourth-order valence-electron chi connectivity index (χ4n) is 2.04. The van der Waals surface area contributed by atoms with Crippen LogP contribution in [0.2, 0.25) is 0 Å². The Kier molecular flexibility index (Phi) is 3.60. The lowest BCUT2D eigenvalue weighted by Gasteiger charge is -2.18. The predicted octanol–water partition coefficient (Wildman–Crippen LogP) is 3.28. The smallest absolute Gasteiger partial charge is 0.121 e. The summed E-state index contributed by atoms with van der Waals surface area (Å²) in [4.78, 5) is 4.39. The molecule has 0 bridgehead atoms. The van der Waals surface area contributed by atoms with Crippen molar-refractivity contribution in [2.75, 3.05) is 5.32 Å². The Morgan fingerprint density at radius 2 is 1.84 bits per heavy atom. The first-order chi connectivity index (χ1) is 8.97. The fraction of sp³-hybridized carbons (Fsp3) is 0.267. The molecule has 1 unspecified atom stereocenters. The average molecular weight is 258 g/mol. The molecule has 0 fully saturated rings. The van der Waals surface area contributed by atoms with Gasteiger partial charge >= 0.3 is 0 Å². The minimum atomic E-state index is -0.129. The first-order valence-electron chi connectivity index (χ1n) is 6.20. The minimum absolute atomic E-state index is 0.129. The van der Waals surface area contributed by atoms with E-state index < -0.39 is 0 Å². The van der Waals surface area contributed by atoms with E-state index in [1.54, 1.807) is 6.07 Å². The lowest BCUT2D eigenvalue weighted by Crippen LogP contribution is -2.08. The topological polar surface area (TPSA) is 65.4 Å². The fourth-order valence-corrected chi connectivity index (χ4v) is 2.04. The van der Waals surface area contributed by atoms with Crippen LogP contribution in [-0.4, -0.2) is 15.2 Å². The van der Waals surface area contributed by atoms with Gasteiger partial charge in [0.25, 0.3) is 0 Å². The van der Waals surface area contributed by atoms with Gasteiger partial charge in [-0.25, -0.2) is 0 Å². The van der Waals surface area contributed by atoms with Crippen molar-refractivity contribution in [2.45, 2.75) is 26.8 Å². The Morgan fingerprint density at radius 3 is 2.53 bits per heavy atom. The van der Waals surface area contributed by atoms with E-state index in [1.807, 2.05) is 32.9 Å². The molecule has 1 aromatic carbocycles. The van der Waals surface area contributed by atoms with Crippen LogP contribution >= 0.6 is 0 Å². The third-order valence-electron chi connectivity index (χ3n) is 3.07. The molecule has 0 aliphatic carbocycles. The van der Waals surface area contributed by atoms with Crippen molar-refractivity contribution >= 4 is 5.69 Å². The summed E-state index contributed by atoms with van der Waals surface area (Å²) in [5, 5.41) is 22.6. The SMILES string of the molecule is Cc1ccc(NC(C)c2cc(O)ccc2O)c(C)n1. The number of phenols is 2. The monoisotopic (exact) mass is 258 g/mol. The lowest BCUT2D eigenvalue weighted by molar-refractivity contribution is 0.451. The maximum atomic E-state index is 9.83. The Bertz CT molecular complexity index is 597. The van der Waals surface area contributed by atoms with E-state index in [1.165, 1.54) is 12.1 Å². The van der Waals surface area contributed by atoms with Crippen molar-refractivity contribution in [2.24, 2.45) is 0 Å². The van der Waals surface area contributed by atoms with E-state index in [9.17, 15) is 10.2 Å². The molecular formula is C15H18N2O2. The number of nitrogens with one attached hydrogen (secondary N) is 1. The number of phenolic OH excluding ortho intramolecular Hbond substituents is 2. The lowest BCUT2D eigenvalue weighted by atomic mass is 10.1. The number of aromatic nitrogens is 1. The molecule has 0 radical (unpaired) electrons. The number of aryl methyl sites for hydroxylation is 2. The molecule has 0 amide bonds. The van der Waals surface area contributed by atoms with Crippen molar-refractivity contribution in [3.63, 3.8) is 0 Å².